The van der Waals surface area contributed by atoms with Crippen LogP contribution in [0.3, 0.4) is 0 Å². The fourth-order valence-electron chi connectivity index (χ4n) is 3.60. The lowest BCUT2D eigenvalue weighted by atomic mass is 9.94. The average Bonchev–Trinajstić information content (AvgIpc) is 2.82. The maximum absolute atomic E-state index is 12.4. The molecule has 0 bridgehead atoms. The molecule has 0 saturated carbocycles. The SMILES string of the molecule is CCC(COOC(C)(CC)CCCC(C)C)OC(=O)OC(CC)COOC(C)(CC)CCCC(C)C. The first-order valence-corrected chi connectivity index (χ1v) is 14.4. The van der Waals surface area contributed by atoms with E-state index in [-0.39, 0.29) is 24.4 Å². The van der Waals surface area contributed by atoms with E-state index >= 15 is 0 Å². The largest absolute Gasteiger partial charge is 0.508 e. The zero-order valence-electron chi connectivity index (χ0n) is 25.2. The van der Waals surface area contributed by atoms with Crippen molar-refractivity contribution in [1.29, 1.82) is 0 Å². The third-order valence-corrected chi connectivity index (χ3v) is 6.93. The predicted octanol–water partition coefficient (Wildman–Crippen LogP) is 8.58. The van der Waals surface area contributed by atoms with Crippen molar-refractivity contribution < 1.29 is 33.8 Å². The molecule has 0 aliphatic rings. The Kier molecular flexibility index (Phi) is 18.7. The van der Waals surface area contributed by atoms with Crippen LogP contribution in [0.5, 0.6) is 0 Å². The Labute approximate surface area is 222 Å². The monoisotopic (exact) mass is 518 g/mol. The molecule has 4 atom stereocenters. The van der Waals surface area contributed by atoms with Crippen molar-refractivity contribution in [2.75, 3.05) is 13.2 Å². The summed E-state index contributed by atoms with van der Waals surface area (Å²) in [4.78, 5) is 34.9. The molecule has 0 fully saturated rings. The fourth-order valence-corrected chi connectivity index (χ4v) is 3.60. The lowest BCUT2D eigenvalue weighted by molar-refractivity contribution is -0.369. The lowest BCUT2D eigenvalue weighted by Crippen LogP contribution is -2.33. The minimum atomic E-state index is -0.730. The summed E-state index contributed by atoms with van der Waals surface area (Å²) in [5.74, 6) is 1.34. The van der Waals surface area contributed by atoms with Gasteiger partial charge in [-0.1, -0.05) is 81.1 Å². The van der Waals surface area contributed by atoms with Crippen LogP contribution in [0.1, 0.15) is 133 Å². The van der Waals surface area contributed by atoms with Gasteiger partial charge in [0.15, 0.2) is 0 Å². The molecular weight excluding hydrogens is 460 g/mol. The number of hydrogen-bond donors (Lipinski definition) is 0. The molecule has 0 amide bonds. The highest BCUT2D eigenvalue weighted by molar-refractivity contribution is 5.60. The third kappa shape index (κ3) is 16.8. The van der Waals surface area contributed by atoms with Gasteiger partial charge in [0.05, 0.1) is 0 Å². The van der Waals surface area contributed by atoms with E-state index < -0.39 is 18.4 Å². The van der Waals surface area contributed by atoms with Gasteiger partial charge in [0, 0.05) is 0 Å². The zero-order chi connectivity index (χ0) is 27.6. The van der Waals surface area contributed by atoms with E-state index in [1.165, 1.54) is 0 Å². The first kappa shape index (κ1) is 35.1. The Hall–Kier alpha value is -0.890. The van der Waals surface area contributed by atoms with E-state index in [2.05, 4.69) is 55.4 Å². The quantitative estimate of drug-likeness (QED) is 0.0807. The normalized spacial score (nSPS) is 17.0. The number of rotatable bonds is 22. The first-order valence-electron chi connectivity index (χ1n) is 14.4. The van der Waals surface area contributed by atoms with Crippen LogP contribution < -0.4 is 0 Å². The van der Waals surface area contributed by atoms with Gasteiger partial charge < -0.3 is 9.47 Å². The maximum Gasteiger partial charge on any atom is 0.508 e. The molecule has 0 aromatic rings. The summed E-state index contributed by atoms with van der Waals surface area (Å²) < 4.78 is 10.9. The second kappa shape index (κ2) is 19.2. The molecule has 0 N–H and O–H groups in total. The van der Waals surface area contributed by atoms with Crippen LogP contribution in [0.4, 0.5) is 4.79 Å². The molecule has 0 aliphatic heterocycles. The van der Waals surface area contributed by atoms with Crippen LogP contribution in [0.25, 0.3) is 0 Å². The van der Waals surface area contributed by atoms with Crippen molar-refractivity contribution in [2.45, 2.75) is 157 Å². The van der Waals surface area contributed by atoms with Gasteiger partial charge in [-0.2, -0.15) is 0 Å². The summed E-state index contributed by atoms with van der Waals surface area (Å²) in [7, 11) is 0. The van der Waals surface area contributed by atoms with Crippen LogP contribution in [0.2, 0.25) is 0 Å². The molecule has 4 unspecified atom stereocenters. The summed E-state index contributed by atoms with van der Waals surface area (Å²) in [6, 6.07) is 0. The molecule has 0 radical (unpaired) electrons. The van der Waals surface area contributed by atoms with Crippen LogP contribution in [0.15, 0.2) is 0 Å². The van der Waals surface area contributed by atoms with Gasteiger partial charge in [0.2, 0.25) is 0 Å². The number of ether oxygens (including phenoxy) is 2. The van der Waals surface area contributed by atoms with Crippen LogP contribution in [-0.2, 0) is 29.0 Å². The molecule has 216 valence electrons. The summed E-state index contributed by atoms with van der Waals surface area (Å²) in [5, 5.41) is 0. The summed E-state index contributed by atoms with van der Waals surface area (Å²) in [6.07, 6.45) is 7.60. The van der Waals surface area contributed by atoms with E-state index in [0.29, 0.717) is 24.7 Å². The molecule has 0 aromatic heterocycles. The van der Waals surface area contributed by atoms with Crippen molar-refractivity contribution in [1.82, 2.24) is 0 Å². The number of hydrogen-bond acceptors (Lipinski definition) is 7. The molecular formula is C29H58O7. The highest BCUT2D eigenvalue weighted by atomic mass is 17.2. The minimum Gasteiger partial charge on any atom is -0.428 e. The molecule has 7 heteroatoms. The lowest BCUT2D eigenvalue weighted by Gasteiger charge is -2.28. The van der Waals surface area contributed by atoms with E-state index in [0.717, 1.165) is 51.4 Å². The number of carbonyl (C=O) groups is 1. The fraction of sp³-hybridized carbons (Fsp3) is 0.966. The predicted molar refractivity (Wildman–Crippen MR) is 145 cm³/mol. The van der Waals surface area contributed by atoms with Crippen molar-refractivity contribution in [3.63, 3.8) is 0 Å². The second-order valence-electron chi connectivity index (χ2n) is 11.5. The van der Waals surface area contributed by atoms with Gasteiger partial charge in [0.25, 0.3) is 0 Å². The van der Waals surface area contributed by atoms with E-state index in [9.17, 15) is 4.79 Å². The number of carbonyl (C=O) groups excluding carboxylic acids is 1. The van der Waals surface area contributed by atoms with Crippen molar-refractivity contribution in [3.05, 3.63) is 0 Å². The van der Waals surface area contributed by atoms with Crippen molar-refractivity contribution in [2.24, 2.45) is 11.8 Å². The average molecular weight is 519 g/mol. The van der Waals surface area contributed by atoms with Gasteiger partial charge in [-0.25, -0.2) is 24.3 Å². The Morgan fingerprint density at radius 3 is 1.31 bits per heavy atom. The highest BCUT2D eigenvalue weighted by Gasteiger charge is 2.27. The van der Waals surface area contributed by atoms with Gasteiger partial charge in [-0.15, -0.1) is 0 Å². The summed E-state index contributed by atoms with van der Waals surface area (Å²) >= 11 is 0. The molecule has 0 heterocycles. The Morgan fingerprint density at radius 2 is 1.03 bits per heavy atom. The van der Waals surface area contributed by atoms with Gasteiger partial charge >= 0.3 is 6.16 Å². The summed E-state index contributed by atoms with van der Waals surface area (Å²) in [6.45, 7) is 21.4. The van der Waals surface area contributed by atoms with Gasteiger partial charge in [-0.3, -0.25) is 0 Å². The first-order chi connectivity index (χ1) is 16.9. The van der Waals surface area contributed by atoms with E-state index in [1.807, 2.05) is 13.8 Å². The minimum absolute atomic E-state index is 0.160. The van der Waals surface area contributed by atoms with Crippen LogP contribution >= 0.6 is 0 Å². The third-order valence-electron chi connectivity index (χ3n) is 6.93. The van der Waals surface area contributed by atoms with Crippen molar-refractivity contribution in [3.8, 4) is 0 Å². The van der Waals surface area contributed by atoms with Crippen LogP contribution in [-0.4, -0.2) is 42.8 Å². The zero-order valence-corrected chi connectivity index (χ0v) is 25.2. The highest BCUT2D eigenvalue weighted by Crippen LogP contribution is 2.26. The Morgan fingerprint density at radius 1 is 0.667 bits per heavy atom. The smallest absolute Gasteiger partial charge is 0.428 e. The molecule has 0 aliphatic carbocycles. The van der Waals surface area contributed by atoms with Gasteiger partial charge in [0.1, 0.15) is 36.6 Å². The standard InChI is InChI=1S/C29H58O7/c1-11-25(21-31-35-28(9,13-3)19-15-17-23(5)6)33-27(30)34-26(12-2)22-32-36-29(10,14-4)20-16-18-24(7)8/h23-26H,11-22H2,1-10H3. The molecule has 0 saturated heterocycles. The second-order valence-corrected chi connectivity index (χ2v) is 11.5. The molecule has 7 nitrogen and oxygen atoms in total. The Bertz CT molecular complexity index is 508. The van der Waals surface area contributed by atoms with E-state index in [4.69, 9.17) is 29.0 Å². The molecule has 0 spiro atoms. The topological polar surface area (TPSA) is 72.5 Å². The van der Waals surface area contributed by atoms with Gasteiger partial charge in [-0.05, 0) is 64.2 Å². The Balaban J connectivity index is 4.47. The van der Waals surface area contributed by atoms with Crippen LogP contribution in [0, 0.1) is 11.8 Å². The van der Waals surface area contributed by atoms with E-state index in [1.54, 1.807) is 0 Å². The maximum atomic E-state index is 12.4. The summed E-state index contributed by atoms with van der Waals surface area (Å²) in [5.41, 5.74) is -0.694. The molecule has 0 rings (SSSR count). The van der Waals surface area contributed by atoms with Crippen molar-refractivity contribution >= 4 is 6.16 Å². The molecule has 0 aromatic carbocycles. The molecule has 36 heavy (non-hydrogen) atoms.